The molecule has 2 aromatic carbocycles. The van der Waals surface area contributed by atoms with Gasteiger partial charge in [-0.3, -0.25) is 0 Å². The first-order valence-corrected chi connectivity index (χ1v) is 7.86. The first-order valence-electron chi connectivity index (χ1n) is 7.86. The van der Waals surface area contributed by atoms with Gasteiger partial charge in [0.2, 0.25) is 0 Å². The maximum Gasteiger partial charge on any atom is -0.00201 e. The summed E-state index contributed by atoms with van der Waals surface area (Å²) in [6, 6.07) is 4.75. The molecule has 0 nitrogen and oxygen atoms in total. The van der Waals surface area contributed by atoms with Crippen LogP contribution in [0.1, 0.15) is 55.6 Å². The fourth-order valence-electron chi connectivity index (χ4n) is 3.16. The van der Waals surface area contributed by atoms with E-state index in [0.717, 1.165) is 6.42 Å². The molecule has 0 spiro atoms. The molecule has 0 unspecified atom stereocenters. The smallest absolute Gasteiger partial charge is 0.00201 e. The minimum absolute atomic E-state index is 1.04. The van der Waals surface area contributed by atoms with E-state index in [4.69, 9.17) is 0 Å². The van der Waals surface area contributed by atoms with E-state index in [1.165, 1.54) is 55.6 Å². The maximum absolute atomic E-state index is 2.38. The third kappa shape index (κ3) is 2.77. The summed E-state index contributed by atoms with van der Waals surface area (Å²) in [6.07, 6.45) is 1.04. The molecule has 0 aliphatic heterocycles. The van der Waals surface area contributed by atoms with Crippen LogP contribution in [0.3, 0.4) is 0 Å². The van der Waals surface area contributed by atoms with E-state index in [-0.39, 0.29) is 0 Å². The van der Waals surface area contributed by atoms with Crippen LogP contribution in [0.5, 0.6) is 0 Å². The summed E-state index contributed by atoms with van der Waals surface area (Å²) in [4.78, 5) is 0. The van der Waals surface area contributed by atoms with Gasteiger partial charge in [0.1, 0.15) is 0 Å². The molecule has 0 aliphatic carbocycles. The Labute approximate surface area is 130 Å². The van der Waals surface area contributed by atoms with Crippen LogP contribution in [0.25, 0.3) is 0 Å². The molecule has 0 N–H and O–H groups in total. The molecule has 0 aromatic heterocycles. The van der Waals surface area contributed by atoms with Gasteiger partial charge in [-0.2, -0.15) is 0 Å². The molecule has 0 fully saturated rings. The predicted octanol–water partition coefficient (Wildman–Crippen LogP) is 5.74. The molecular weight excluding hydrogens is 252 g/mol. The second-order valence-electron chi connectivity index (χ2n) is 6.63. The Kier molecular flexibility index (Phi) is 4.27. The van der Waals surface area contributed by atoms with Gasteiger partial charge in [-0.05, 0) is 117 Å². The molecule has 0 aliphatic rings. The fraction of sp³-hybridized carbons (Fsp3) is 0.429. The Bertz CT molecular complexity index is 641. The van der Waals surface area contributed by atoms with Gasteiger partial charge in [0.25, 0.3) is 0 Å². The summed E-state index contributed by atoms with van der Waals surface area (Å²) in [5.74, 6) is 0. The largest absolute Gasteiger partial charge is 0.0552 e. The van der Waals surface area contributed by atoms with Crippen LogP contribution >= 0.6 is 0 Å². The highest BCUT2D eigenvalue weighted by Gasteiger charge is 2.11. The lowest BCUT2D eigenvalue weighted by molar-refractivity contribution is 1.06. The average Bonchev–Trinajstić information content (AvgIpc) is 2.45. The van der Waals surface area contributed by atoms with Gasteiger partial charge in [-0.15, -0.1) is 0 Å². The number of aryl methyl sites for hydroxylation is 2. The van der Waals surface area contributed by atoms with Gasteiger partial charge < -0.3 is 0 Å². The van der Waals surface area contributed by atoms with Crippen LogP contribution in [-0.4, -0.2) is 0 Å². The number of rotatable bonds is 2. The van der Waals surface area contributed by atoms with Gasteiger partial charge in [-0.25, -0.2) is 0 Å². The van der Waals surface area contributed by atoms with Crippen LogP contribution in [0.4, 0.5) is 0 Å². The molecule has 0 bridgehead atoms. The van der Waals surface area contributed by atoms with Crippen LogP contribution in [-0.2, 0) is 6.42 Å². The Hall–Kier alpha value is -1.56. The monoisotopic (exact) mass is 280 g/mol. The van der Waals surface area contributed by atoms with Crippen molar-refractivity contribution in [3.05, 3.63) is 67.8 Å². The zero-order valence-corrected chi connectivity index (χ0v) is 14.9. The van der Waals surface area contributed by atoms with Crippen molar-refractivity contribution in [3.8, 4) is 0 Å². The van der Waals surface area contributed by atoms with Crippen molar-refractivity contribution in [1.82, 2.24) is 0 Å². The molecule has 0 atom stereocenters. The molecule has 2 aromatic rings. The molecular formula is C21H28. The summed E-state index contributed by atoms with van der Waals surface area (Å²) in [7, 11) is 0. The average molecular weight is 280 g/mol. The molecule has 0 heteroatoms. The summed E-state index contributed by atoms with van der Waals surface area (Å²) in [5, 5.41) is 0. The Morgan fingerprint density at radius 1 is 0.476 bits per heavy atom. The van der Waals surface area contributed by atoms with Gasteiger partial charge in [-0.1, -0.05) is 12.1 Å². The second kappa shape index (κ2) is 5.67. The normalized spacial score (nSPS) is 11.0. The van der Waals surface area contributed by atoms with Gasteiger partial charge >= 0.3 is 0 Å². The van der Waals surface area contributed by atoms with E-state index in [1.807, 2.05) is 0 Å². The van der Waals surface area contributed by atoms with E-state index in [9.17, 15) is 0 Å². The van der Waals surface area contributed by atoms with Crippen molar-refractivity contribution < 1.29 is 0 Å². The van der Waals surface area contributed by atoms with Crippen LogP contribution in [0.2, 0.25) is 0 Å². The van der Waals surface area contributed by atoms with Crippen molar-refractivity contribution in [2.24, 2.45) is 0 Å². The summed E-state index contributed by atoms with van der Waals surface area (Å²) in [6.45, 7) is 17.9. The van der Waals surface area contributed by atoms with Crippen molar-refractivity contribution in [2.45, 2.75) is 61.8 Å². The highest BCUT2D eigenvalue weighted by molar-refractivity contribution is 5.49. The van der Waals surface area contributed by atoms with Gasteiger partial charge in [0.05, 0.1) is 0 Å². The predicted molar refractivity (Wildman–Crippen MR) is 93.6 cm³/mol. The SMILES string of the molecule is Cc1cc(Cc2cc(C)c(C)c(C)c2C)c(C)c(C)c1C. The van der Waals surface area contributed by atoms with E-state index in [2.05, 4.69) is 67.5 Å². The summed E-state index contributed by atoms with van der Waals surface area (Å²) >= 11 is 0. The molecule has 0 saturated carbocycles. The number of hydrogen-bond acceptors (Lipinski definition) is 0. The van der Waals surface area contributed by atoms with Crippen LogP contribution in [0.15, 0.2) is 12.1 Å². The molecule has 21 heavy (non-hydrogen) atoms. The molecule has 0 radical (unpaired) electrons. The zero-order valence-electron chi connectivity index (χ0n) is 14.9. The zero-order chi connectivity index (χ0) is 15.9. The standard InChI is InChI=1S/C21H28/c1-12-9-20(18(7)16(5)14(12)3)11-21-10-13(2)15(4)17(6)19(21)8/h9-10H,11H2,1-8H3. The topological polar surface area (TPSA) is 0 Å². The summed E-state index contributed by atoms with van der Waals surface area (Å²) in [5.41, 5.74) is 14.4. The summed E-state index contributed by atoms with van der Waals surface area (Å²) < 4.78 is 0. The molecule has 0 amide bonds. The van der Waals surface area contributed by atoms with Crippen molar-refractivity contribution >= 4 is 0 Å². The Morgan fingerprint density at radius 3 is 1.14 bits per heavy atom. The minimum atomic E-state index is 1.04. The number of hydrogen-bond donors (Lipinski definition) is 0. The van der Waals surface area contributed by atoms with E-state index in [1.54, 1.807) is 0 Å². The second-order valence-corrected chi connectivity index (χ2v) is 6.63. The first-order chi connectivity index (χ1) is 9.73. The lowest BCUT2D eigenvalue weighted by atomic mass is 9.87. The minimum Gasteiger partial charge on any atom is -0.0552 e. The van der Waals surface area contributed by atoms with Crippen molar-refractivity contribution in [2.75, 3.05) is 0 Å². The highest BCUT2D eigenvalue weighted by atomic mass is 14.2. The number of benzene rings is 2. The van der Waals surface area contributed by atoms with E-state index >= 15 is 0 Å². The fourth-order valence-corrected chi connectivity index (χ4v) is 3.16. The first kappa shape index (κ1) is 15.8. The Morgan fingerprint density at radius 2 is 0.810 bits per heavy atom. The van der Waals surface area contributed by atoms with Crippen molar-refractivity contribution in [3.63, 3.8) is 0 Å². The maximum atomic E-state index is 2.38. The van der Waals surface area contributed by atoms with E-state index < -0.39 is 0 Å². The third-order valence-electron chi connectivity index (χ3n) is 5.56. The van der Waals surface area contributed by atoms with Gasteiger partial charge in [0, 0.05) is 0 Å². The van der Waals surface area contributed by atoms with Crippen LogP contribution < -0.4 is 0 Å². The van der Waals surface area contributed by atoms with Crippen molar-refractivity contribution in [1.29, 1.82) is 0 Å². The molecule has 2 rings (SSSR count). The lowest BCUT2D eigenvalue weighted by Gasteiger charge is -2.18. The lowest BCUT2D eigenvalue weighted by Crippen LogP contribution is -2.03. The quantitative estimate of drug-likeness (QED) is 0.657. The van der Waals surface area contributed by atoms with Crippen LogP contribution in [0, 0.1) is 55.4 Å². The molecule has 112 valence electrons. The third-order valence-corrected chi connectivity index (χ3v) is 5.56. The molecule has 0 heterocycles. The molecule has 0 saturated heterocycles. The highest BCUT2D eigenvalue weighted by Crippen LogP contribution is 2.27. The van der Waals surface area contributed by atoms with Gasteiger partial charge in [0.15, 0.2) is 0 Å². The van der Waals surface area contributed by atoms with E-state index in [0.29, 0.717) is 0 Å². The Balaban J connectivity index is 2.54.